The van der Waals surface area contributed by atoms with Crippen molar-refractivity contribution in [3.8, 4) is 22.5 Å². The summed E-state index contributed by atoms with van der Waals surface area (Å²) >= 11 is 0. The Hall–Kier alpha value is -4.06. The molecular formula is C33H33N3O3. The summed E-state index contributed by atoms with van der Waals surface area (Å²) in [6, 6.07) is 25.2. The van der Waals surface area contributed by atoms with E-state index in [9.17, 15) is 9.59 Å². The molecule has 1 aliphatic carbocycles. The Morgan fingerprint density at radius 1 is 0.872 bits per heavy atom. The lowest BCUT2D eigenvalue weighted by atomic mass is 9.81. The van der Waals surface area contributed by atoms with Gasteiger partial charge in [0.15, 0.2) is 6.61 Å². The van der Waals surface area contributed by atoms with Crippen molar-refractivity contribution in [2.45, 2.75) is 46.1 Å². The third kappa shape index (κ3) is 4.80. The fourth-order valence-electron chi connectivity index (χ4n) is 6.67. The minimum absolute atomic E-state index is 0.0665. The van der Waals surface area contributed by atoms with Gasteiger partial charge in [0.2, 0.25) is 0 Å². The number of benzene rings is 3. The zero-order valence-electron chi connectivity index (χ0n) is 22.7. The molecule has 1 aromatic heterocycles. The van der Waals surface area contributed by atoms with Crippen LogP contribution in [0.4, 0.5) is 0 Å². The summed E-state index contributed by atoms with van der Waals surface area (Å²) in [4.78, 5) is 37.9. The number of piperidine rings is 1. The van der Waals surface area contributed by atoms with Gasteiger partial charge in [0.05, 0.1) is 28.0 Å². The number of fused-ring (bicyclic) bond motifs is 3. The molecule has 198 valence electrons. The normalized spacial score (nSPS) is 21.6. The van der Waals surface area contributed by atoms with E-state index in [1.165, 1.54) is 0 Å². The van der Waals surface area contributed by atoms with Gasteiger partial charge >= 0.3 is 5.97 Å². The van der Waals surface area contributed by atoms with Crippen LogP contribution in [0.1, 0.15) is 50.4 Å². The zero-order valence-corrected chi connectivity index (χ0v) is 22.7. The van der Waals surface area contributed by atoms with Crippen molar-refractivity contribution in [2.24, 2.45) is 10.8 Å². The molecule has 4 aromatic rings. The number of rotatable bonds is 5. The highest BCUT2D eigenvalue weighted by Gasteiger charge is 2.53. The van der Waals surface area contributed by atoms with Crippen molar-refractivity contribution in [2.75, 3.05) is 13.2 Å². The number of carbonyl (C=O) groups is 2. The van der Waals surface area contributed by atoms with Crippen LogP contribution in [0, 0.1) is 10.8 Å². The van der Waals surface area contributed by atoms with Gasteiger partial charge < -0.3 is 9.64 Å². The predicted molar refractivity (Wildman–Crippen MR) is 152 cm³/mol. The van der Waals surface area contributed by atoms with E-state index < -0.39 is 5.97 Å². The zero-order chi connectivity index (χ0) is 27.2. The highest BCUT2D eigenvalue weighted by atomic mass is 16.5. The maximum Gasteiger partial charge on any atom is 0.338 e. The van der Waals surface area contributed by atoms with Gasteiger partial charge in [0, 0.05) is 23.7 Å². The van der Waals surface area contributed by atoms with E-state index >= 15 is 0 Å². The van der Waals surface area contributed by atoms with Crippen molar-refractivity contribution in [1.82, 2.24) is 14.9 Å². The van der Waals surface area contributed by atoms with Gasteiger partial charge in [0.1, 0.15) is 0 Å². The molecule has 0 spiro atoms. The highest BCUT2D eigenvalue weighted by molar-refractivity contribution is 5.96. The topological polar surface area (TPSA) is 72.4 Å². The van der Waals surface area contributed by atoms with Crippen LogP contribution in [-0.4, -0.2) is 45.9 Å². The fraction of sp³-hybridized carbons (Fsp3) is 0.333. The summed E-state index contributed by atoms with van der Waals surface area (Å²) in [6.07, 6.45) is 3.12. The van der Waals surface area contributed by atoms with E-state index in [4.69, 9.17) is 14.7 Å². The van der Waals surface area contributed by atoms with Gasteiger partial charge in [-0.2, -0.15) is 0 Å². The Morgan fingerprint density at radius 3 is 2.13 bits per heavy atom. The quantitative estimate of drug-likeness (QED) is 0.280. The number of likely N-dealkylation sites (tertiary alicyclic amines) is 1. The molecule has 39 heavy (non-hydrogen) atoms. The van der Waals surface area contributed by atoms with Crippen molar-refractivity contribution in [1.29, 1.82) is 0 Å². The first-order chi connectivity index (χ1) is 18.7. The maximum absolute atomic E-state index is 13.1. The van der Waals surface area contributed by atoms with Crippen LogP contribution in [0.5, 0.6) is 0 Å². The molecule has 2 bridgehead atoms. The summed E-state index contributed by atoms with van der Waals surface area (Å²) < 4.78 is 5.52. The predicted octanol–water partition coefficient (Wildman–Crippen LogP) is 6.55. The van der Waals surface area contributed by atoms with Crippen molar-refractivity contribution >= 4 is 22.9 Å². The molecule has 6 heteroatoms. The van der Waals surface area contributed by atoms with Crippen molar-refractivity contribution in [3.05, 3.63) is 84.4 Å². The molecule has 1 amide bonds. The number of hydrogen-bond acceptors (Lipinski definition) is 5. The molecule has 2 heterocycles. The Morgan fingerprint density at radius 2 is 1.49 bits per heavy atom. The first-order valence-corrected chi connectivity index (χ1v) is 13.6. The maximum atomic E-state index is 13.1. The molecule has 0 N–H and O–H groups in total. The van der Waals surface area contributed by atoms with Crippen LogP contribution < -0.4 is 0 Å². The molecule has 2 aliphatic rings. The number of amides is 1. The van der Waals surface area contributed by atoms with Crippen molar-refractivity contribution in [3.63, 3.8) is 0 Å². The SMILES string of the molecule is CC12CCN(C(=O)COC(=O)c3ccc4nc(-c5ccccc5)c(-c5ccccc5)nc4c3)C(C1)C(C)(C)C2. The van der Waals surface area contributed by atoms with Gasteiger partial charge in [0.25, 0.3) is 5.91 Å². The van der Waals surface area contributed by atoms with Crippen molar-refractivity contribution < 1.29 is 14.3 Å². The van der Waals surface area contributed by atoms with E-state index in [2.05, 4.69) is 20.8 Å². The number of nitrogens with zero attached hydrogens (tertiary/aromatic N) is 3. The second-order valence-electron chi connectivity index (χ2n) is 12.0. The van der Waals surface area contributed by atoms with Gasteiger partial charge in [-0.15, -0.1) is 0 Å². The minimum Gasteiger partial charge on any atom is -0.452 e. The molecule has 1 aliphatic heterocycles. The molecular weight excluding hydrogens is 486 g/mol. The smallest absolute Gasteiger partial charge is 0.338 e. The number of ether oxygens (including phenoxy) is 1. The van der Waals surface area contributed by atoms with Crippen LogP contribution in [0.25, 0.3) is 33.5 Å². The second kappa shape index (κ2) is 9.60. The average Bonchev–Trinajstić information content (AvgIpc) is 3.14. The van der Waals surface area contributed by atoms with Crippen LogP contribution >= 0.6 is 0 Å². The summed E-state index contributed by atoms with van der Waals surface area (Å²) in [5, 5.41) is 0. The van der Waals surface area contributed by atoms with E-state index in [0.29, 0.717) is 22.0 Å². The van der Waals surface area contributed by atoms with Gasteiger partial charge in [-0.1, -0.05) is 81.4 Å². The van der Waals surface area contributed by atoms with E-state index in [1.54, 1.807) is 18.2 Å². The van der Waals surface area contributed by atoms with Crippen LogP contribution in [-0.2, 0) is 9.53 Å². The summed E-state index contributed by atoms with van der Waals surface area (Å²) in [5.41, 5.74) is 5.42. The molecule has 0 radical (unpaired) electrons. The van der Waals surface area contributed by atoms with E-state index in [0.717, 1.165) is 48.3 Å². The largest absolute Gasteiger partial charge is 0.452 e. The van der Waals surface area contributed by atoms with Crippen LogP contribution in [0.3, 0.4) is 0 Å². The minimum atomic E-state index is -0.534. The first-order valence-electron chi connectivity index (χ1n) is 13.6. The Bertz CT molecular complexity index is 1550. The molecule has 1 saturated heterocycles. The molecule has 6 nitrogen and oxygen atoms in total. The monoisotopic (exact) mass is 519 g/mol. The molecule has 3 aromatic carbocycles. The molecule has 1 saturated carbocycles. The number of carbonyl (C=O) groups excluding carboxylic acids is 2. The summed E-state index contributed by atoms with van der Waals surface area (Å²) in [7, 11) is 0. The lowest BCUT2D eigenvalue weighted by Gasteiger charge is -2.40. The third-order valence-electron chi connectivity index (χ3n) is 8.44. The lowest BCUT2D eigenvalue weighted by Crippen LogP contribution is -2.49. The Balaban J connectivity index is 1.24. The molecule has 2 fully saturated rings. The summed E-state index contributed by atoms with van der Waals surface area (Å²) in [5.74, 6) is -0.655. The van der Waals surface area contributed by atoms with Gasteiger partial charge in [-0.25, -0.2) is 14.8 Å². The highest BCUT2D eigenvalue weighted by Crippen LogP contribution is 2.55. The van der Waals surface area contributed by atoms with E-state index in [-0.39, 0.29) is 24.0 Å². The fourth-order valence-corrected chi connectivity index (χ4v) is 6.67. The standard InChI is InChI=1S/C33H33N3O3/c1-32(2)21-33(3)16-17-36(27(32)19-33)28(37)20-39-31(38)24-14-15-25-26(18-24)35-30(23-12-8-5-9-13-23)29(34-25)22-10-6-4-7-11-22/h4-15,18,27H,16-17,19-21H2,1-3H3. The second-order valence-corrected chi connectivity index (χ2v) is 12.0. The van der Waals surface area contributed by atoms with Crippen LogP contribution in [0.15, 0.2) is 78.9 Å². The lowest BCUT2D eigenvalue weighted by molar-refractivity contribution is -0.140. The molecule has 2 unspecified atom stereocenters. The first kappa shape index (κ1) is 25.2. The number of esters is 1. The molecule has 2 atom stereocenters. The Labute approximate surface area is 229 Å². The number of hydrogen-bond donors (Lipinski definition) is 0. The summed E-state index contributed by atoms with van der Waals surface area (Å²) in [6.45, 7) is 7.27. The molecule has 6 rings (SSSR count). The van der Waals surface area contributed by atoms with Gasteiger partial charge in [-0.05, 0) is 48.3 Å². The van der Waals surface area contributed by atoms with E-state index in [1.807, 2.05) is 65.6 Å². The third-order valence-corrected chi connectivity index (χ3v) is 8.44. The average molecular weight is 520 g/mol. The van der Waals surface area contributed by atoms with Crippen LogP contribution in [0.2, 0.25) is 0 Å². The Kier molecular flexibility index (Phi) is 6.21. The van der Waals surface area contributed by atoms with Gasteiger partial charge in [-0.3, -0.25) is 4.79 Å². The number of aromatic nitrogens is 2.